The smallest absolute Gasteiger partial charge is 0.254 e. The molecule has 2 aromatic rings. The molecule has 0 saturated heterocycles. The van der Waals surface area contributed by atoms with Gasteiger partial charge < -0.3 is 0 Å². The Kier molecular flexibility index (Phi) is 4.97. The maximum Gasteiger partial charge on any atom is 0.254 e. The summed E-state index contributed by atoms with van der Waals surface area (Å²) in [6, 6.07) is 6.62. The molecule has 22 heavy (non-hydrogen) atoms. The number of pyridine rings is 1. The Labute approximate surface area is 128 Å². The van der Waals surface area contributed by atoms with Crippen LogP contribution in [0.2, 0.25) is 5.02 Å². The SMILES string of the molecule is CC/C(=N\Nc1c(F)c(F)nc(F)c1F)c1cccc(Cl)c1. The monoisotopic (exact) mass is 331 g/mol. The summed E-state index contributed by atoms with van der Waals surface area (Å²) < 4.78 is 52.9. The first-order valence-electron chi connectivity index (χ1n) is 6.22. The van der Waals surface area contributed by atoms with Crippen LogP contribution in [-0.2, 0) is 0 Å². The van der Waals surface area contributed by atoms with Gasteiger partial charge in [-0.05, 0) is 24.1 Å². The number of aromatic nitrogens is 1. The van der Waals surface area contributed by atoms with Crippen LogP contribution in [0, 0.1) is 23.5 Å². The van der Waals surface area contributed by atoms with Crippen molar-refractivity contribution in [3.8, 4) is 0 Å². The number of anilines is 1. The summed E-state index contributed by atoms with van der Waals surface area (Å²) >= 11 is 5.85. The van der Waals surface area contributed by atoms with Crippen molar-refractivity contribution < 1.29 is 17.6 Å². The number of nitrogens with zero attached hydrogens (tertiary/aromatic N) is 2. The van der Waals surface area contributed by atoms with E-state index in [9.17, 15) is 17.6 Å². The molecule has 1 aromatic carbocycles. The highest BCUT2D eigenvalue weighted by molar-refractivity contribution is 6.31. The quantitative estimate of drug-likeness (QED) is 0.387. The van der Waals surface area contributed by atoms with E-state index < -0.39 is 29.2 Å². The maximum absolute atomic E-state index is 13.5. The number of benzene rings is 1. The van der Waals surface area contributed by atoms with Crippen molar-refractivity contribution in [2.75, 3.05) is 5.43 Å². The lowest BCUT2D eigenvalue weighted by molar-refractivity contribution is 0.411. The molecule has 116 valence electrons. The number of hydrogen-bond donors (Lipinski definition) is 1. The zero-order chi connectivity index (χ0) is 16.3. The molecule has 0 aliphatic rings. The predicted molar refractivity (Wildman–Crippen MR) is 76.0 cm³/mol. The summed E-state index contributed by atoms with van der Waals surface area (Å²) in [5.74, 6) is -6.80. The Morgan fingerprint density at radius 3 is 2.36 bits per heavy atom. The molecule has 0 saturated carbocycles. The Bertz CT molecular complexity index is 708. The van der Waals surface area contributed by atoms with Crippen molar-refractivity contribution in [1.29, 1.82) is 0 Å². The minimum atomic E-state index is -1.75. The molecule has 3 nitrogen and oxygen atoms in total. The second-order valence-electron chi connectivity index (χ2n) is 4.23. The van der Waals surface area contributed by atoms with Gasteiger partial charge in [0, 0.05) is 5.02 Å². The van der Waals surface area contributed by atoms with Gasteiger partial charge in [-0.25, -0.2) is 0 Å². The highest BCUT2D eigenvalue weighted by atomic mass is 35.5. The fourth-order valence-electron chi connectivity index (χ4n) is 1.72. The lowest BCUT2D eigenvalue weighted by atomic mass is 10.1. The number of hydrogen-bond acceptors (Lipinski definition) is 3. The first-order chi connectivity index (χ1) is 10.4. The van der Waals surface area contributed by atoms with Crippen molar-refractivity contribution >= 4 is 23.0 Å². The topological polar surface area (TPSA) is 37.3 Å². The molecular weight excluding hydrogens is 322 g/mol. The summed E-state index contributed by atoms with van der Waals surface area (Å²) in [5, 5.41) is 4.25. The van der Waals surface area contributed by atoms with E-state index in [-0.39, 0.29) is 0 Å². The molecule has 0 amide bonds. The third-order valence-electron chi connectivity index (χ3n) is 2.79. The number of nitrogens with one attached hydrogen (secondary N) is 1. The Hall–Kier alpha value is -2.15. The second-order valence-corrected chi connectivity index (χ2v) is 4.67. The molecule has 0 atom stereocenters. The first kappa shape index (κ1) is 16.2. The number of rotatable bonds is 4. The van der Waals surface area contributed by atoms with Gasteiger partial charge in [0.05, 0.1) is 5.71 Å². The molecule has 0 fully saturated rings. The van der Waals surface area contributed by atoms with E-state index in [1.807, 2.05) is 5.43 Å². The van der Waals surface area contributed by atoms with E-state index in [4.69, 9.17) is 11.6 Å². The number of halogens is 5. The molecule has 0 unspecified atom stereocenters. The molecule has 2 rings (SSSR count). The van der Waals surface area contributed by atoms with Gasteiger partial charge in [-0.2, -0.15) is 27.6 Å². The van der Waals surface area contributed by atoms with Crippen LogP contribution in [-0.4, -0.2) is 10.7 Å². The predicted octanol–water partition coefficient (Wildman–Crippen LogP) is 4.52. The van der Waals surface area contributed by atoms with Crippen molar-refractivity contribution in [2.45, 2.75) is 13.3 Å². The Morgan fingerprint density at radius 2 is 1.82 bits per heavy atom. The molecule has 0 aliphatic carbocycles. The molecule has 1 N–H and O–H groups in total. The van der Waals surface area contributed by atoms with E-state index in [0.717, 1.165) is 0 Å². The third kappa shape index (κ3) is 3.36. The molecular formula is C14H10ClF4N3. The number of hydrazone groups is 1. The summed E-state index contributed by atoms with van der Waals surface area (Å²) in [6.45, 7) is 1.75. The van der Waals surface area contributed by atoms with Gasteiger partial charge in [0.15, 0.2) is 0 Å². The van der Waals surface area contributed by atoms with Gasteiger partial charge >= 0.3 is 0 Å². The van der Waals surface area contributed by atoms with Crippen LogP contribution in [0.15, 0.2) is 29.4 Å². The van der Waals surface area contributed by atoms with E-state index >= 15 is 0 Å². The van der Waals surface area contributed by atoms with E-state index in [1.165, 1.54) is 0 Å². The van der Waals surface area contributed by atoms with Crippen molar-refractivity contribution in [3.63, 3.8) is 0 Å². The van der Waals surface area contributed by atoms with Crippen LogP contribution < -0.4 is 5.43 Å². The standard InChI is InChI=1S/C14H10ClF4N3/c1-2-9(7-4-3-5-8(15)6-7)21-22-12-10(16)13(18)20-14(19)11(12)17/h3-6H,2H2,1H3,(H,20,22)/b21-9+. The van der Waals surface area contributed by atoms with Crippen molar-refractivity contribution in [3.05, 3.63) is 58.4 Å². The van der Waals surface area contributed by atoms with Crippen LogP contribution >= 0.6 is 11.6 Å². The molecule has 0 radical (unpaired) electrons. The van der Waals surface area contributed by atoms with Crippen LogP contribution in [0.3, 0.4) is 0 Å². The second kappa shape index (κ2) is 6.74. The van der Waals surface area contributed by atoms with Gasteiger partial charge in [-0.1, -0.05) is 30.7 Å². The minimum Gasteiger partial charge on any atom is -0.272 e. The van der Waals surface area contributed by atoms with E-state index in [1.54, 1.807) is 31.2 Å². The van der Waals surface area contributed by atoms with Gasteiger partial charge in [-0.15, -0.1) is 0 Å². The third-order valence-corrected chi connectivity index (χ3v) is 3.03. The maximum atomic E-state index is 13.5. The van der Waals surface area contributed by atoms with Gasteiger partial charge in [0.25, 0.3) is 11.9 Å². The van der Waals surface area contributed by atoms with Crippen LogP contribution in [0.25, 0.3) is 0 Å². The average Bonchev–Trinajstić information content (AvgIpc) is 2.49. The largest absolute Gasteiger partial charge is 0.272 e. The molecule has 1 aromatic heterocycles. The molecule has 0 spiro atoms. The zero-order valence-corrected chi connectivity index (χ0v) is 12.1. The Balaban J connectivity index is 2.38. The summed E-state index contributed by atoms with van der Waals surface area (Å²) in [5.41, 5.74) is 1.97. The lowest BCUT2D eigenvalue weighted by Crippen LogP contribution is -2.08. The van der Waals surface area contributed by atoms with Gasteiger partial charge in [-0.3, -0.25) is 5.43 Å². The van der Waals surface area contributed by atoms with Crippen molar-refractivity contribution in [2.24, 2.45) is 5.10 Å². The first-order valence-corrected chi connectivity index (χ1v) is 6.60. The molecule has 0 aliphatic heterocycles. The van der Waals surface area contributed by atoms with Crippen LogP contribution in [0.4, 0.5) is 23.2 Å². The lowest BCUT2D eigenvalue weighted by Gasteiger charge is -2.08. The van der Waals surface area contributed by atoms with Crippen molar-refractivity contribution in [1.82, 2.24) is 4.98 Å². The fraction of sp³-hybridized carbons (Fsp3) is 0.143. The molecule has 0 bridgehead atoms. The minimum absolute atomic E-state index is 0.395. The van der Waals surface area contributed by atoms with Crippen LogP contribution in [0.1, 0.15) is 18.9 Å². The molecule has 8 heteroatoms. The normalized spacial score (nSPS) is 11.6. The summed E-state index contributed by atoms with van der Waals surface area (Å²) in [7, 11) is 0. The average molecular weight is 332 g/mol. The highest BCUT2D eigenvalue weighted by Gasteiger charge is 2.20. The zero-order valence-electron chi connectivity index (χ0n) is 11.3. The van der Waals surface area contributed by atoms with E-state index in [2.05, 4.69) is 10.1 Å². The fourth-order valence-corrected chi connectivity index (χ4v) is 1.91. The summed E-state index contributed by atoms with van der Waals surface area (Å²) in [6.07, 6.45) is 0.395. The van der Waals surface area contributed by atoms with Crippen LogP contribution in [0.5, 0.6) is 0 Å². The molecule has 1 heterocycles. The highest BCUT2D eigenvalue weighted by Crippen LogP contribution is 2.22. The van der Waals surface area contributed by atoms with Gasteiger partial charge in [0.2, 0.25) is 11.6 Å². The van der Waals surface area contributed by atoms with E-state index in [0.29, 0.717) is 22.7 Å². The summed E-state index contributed by atoms with van der Waals surface area (Å²) in [4.78, 5) is 2.46. The van der Waals surface area contributed by atoms with Gasteiger partial charge in [0.1, 0.15) is 5.69 Å². The Morgan fingerprint density at radius 1 is 1.18 bits per heavy atom.